The van der Waals surface area contributed by atoms with E-state index in [4.69, 9.17) is 0 Å². The van der Waals surface area contributed by atoms with Gasteiger partial charge in [0, 0.05) is 22.2 Å². The monoisotopic (exact) mass is 665 g/mol. The van der Waals surface area contributed by atoms with Gasteiger partial charge < -0.3 is 9.90 Å². The minimum Gasteiger partial charge on any atom is -0.550 e. The van der Waals surface area contributed by atoms with E-state index in [1.807, 2.05) is 0 Å². The Morgan fingerprint density at radius 3 is 1.30 bits per heavy atom. The Hall–Kier alpha value is -6.25. The summed E-state index contributed by atoms with van der Waals surface area (Å²) in [7, 11) is 0. The quantitative estimate of drug-likeness (QED) is 0.172. The van der Waals surface area contributed by atoms with E-state index in [9.17, 15) is 9.90 Å². The smallest absolute Gasteiger partial charge is 0.0477 e. The van der Waals surface area contributed by atoms with Crippen molar-refractivity contribution in [1.29, 1.82) is 0 Å². The molecule has 1 fully saturated rings. The van der Waals surface area contributed by atoms with E-state index in [0.717, 1.165) is 6.42 Å². The first kappa shape index (κ1) is 24.1. The molecule has 5 aliphatic rings. The molecule has 5 aliphatic carbocycles. The largest absolute Gasteiger partial charge is 0.550 e. The fourth-order valence-corrected chi connectivity index (χ4v) is 16.0. The van der Waals surface area contributed by atoms with Crippen molar-refractivity contribution in [1.82, 2.24) is 0 Å². The summed E-state index contributed by atoms with van der Waals surface area (Å²) in [6.07, 6.45) is 6.46. The number of hydrogen-bond donors (Lipinski definition) is 0. The molecule has 53 heavy (non-hydrogen) atoms. The highest BCUT2D eigenvalue weighted by Crippen LogP contribution is 2.92. The van der Waals surface area contributed by atoms with Crippen LogP contribution in [0.1, 0.15) is 36.0 Å². The summed E-state index contributed by atoms with van der Waals surface area (Å²) in [6.45, 7) is 0. The third kappa shape index (κ3) is 1.67. The number of carboxylic acids is 1. The Balaban J connectivity index is 1.27. The Morgan fingerprint density at radius 1 is 0.453 bits per heavy atom. The molecule has 13 aromatic carbocycles. The Morgan fingerprint density at radius 2 is 0.849 bits per heavy atom. The summed E-state index contributed by atoms with van der Waals surface area (Å²) in [5.41, 5.74) is 6.34. The number of carbonyl (C=O) groups is 1. The molecule has 2 unspecified atom stereocenters. The number of hydrogen-bond acceptors (Lipinski definition) is 2. The van der Waals surface area contributed by atoms with Crippen LogP contribution < -0.4 is 15.5 Å². The maximum absolute atomic E-state index is 12.2. The van der Waals surface area contributed by atoms with E-state index in [-0.39, 0.29) is 22.7 Å². The number of benzene rings is 9. The molecule has 13 aromatic rings. The molecule has 1 saturated carbocycles. The normalized spacial score (nSPS) is 25.1. The van der Waals surface area contributed by atoms with Crippen LogP contribution in [0, 0.1) is 0 Å². The van der Waals surface area contributed by atoms with Crippen molar-refractivity contribution < 1.29 is 9.90 Å². The third-order valence-electron chi connectivity index (χ3n) is 16.7. The first-order valence-corrected chi connectivity index (χ1v) is 19.3. The lowest BCUT2D eigenvalue weighted by atomic mass is 9.68. The molecule has 0 aromatic heterocycles. The molecular weight excluding hydrogens is 645 g/mol. The van der Waals surface area contributed by atoms with Gasteiger partial charge in [0.05, 0.1) is 0 Å². The summed E-state index contributed by atoms with van der Waals surface area (Å²) in [6, 6.07) is 30.9. The third-order valence-corrected chi connectivity index (χ3v) is 16.7. The molecule has 0 saturated heterocycles. The topological polar surface area (TPSA) is 40.1 Å². The van der Waals surface area contributed by atoms with E-state index in [1.54, 1.807) is 11.1 Å². The maximum Gasteiger partial charge on any atom is 0.0477 e. The van der Waals surface area contributed by atoms with Crippen LogP contribution in [-0.2, 0) is 21.0 Å². The number of rotatable bonds is 5. The van der Waals surface area contributed by atoms with Crippen molar-refractivity contribution in [2.24, 2.45) is 0 Å². The van der Waals surface area contributed by atoms with Crippen LogP contribution in [-0.4, -0.2) is 5.97 Å². The highest BCUT2D eigenvalue weighted by atomic mass is 16.4. The van der Waals surface area contributed by atoms with Crippen LogP contribution in [0.25, 0.3) is 130 Å². The second-order valence-corrected chi connectivity index (χ2v) is 17.6. The Labute approximate surface area is 298 Å². The summed E-state index contributed by atoms with van der Waals surface area (Å²) in [5, 5.41) is 47.3. The average Bonchev–Trinajstić information content (AvgIpc) is 3.83. The minimum atomic E-state index is -0.952. The van der Waals surface area contributed by atoms with Crippen molar-refractivity contribution in [2.45, 2.75) is 35.5 Å². The van der Waals surface area contributed by atoms with Crippen LogP contribution >= 0.6 is 0 Å². The maximum atomic E-state index is 12.2. The van der Waals surface area contributed by atoms with Gasteiger partial charge in [-0.25, -0.2) is 0 Å². The second-order valence-electron chi connectivity index (χ2n) is 17.6. The molecule has 0 amide bonds. The molecule has 2 nitrogen and oxygen atoms in total. The van der Waals surface area contributed by atoms with Gasteiger partial charge in [-0.15, -0.1) is 0 Å². The predicted molar refractivity (Wildman–Crippen MR) is 214 cm³/mol. The molecule has 2 heteroatoms. The van der Waals surface area contributed by atoms with Crippen molar-refractivity contribution >= 4 is 136 Å². The van der Waals surface area contributed by atoms with E-state index in [2.05, 4.69) is 91.0 Å². The molecule has 0 heterocycles. The van der Waals surface area contributed by atoms with Crippen molar-refractivity contribution in [3.05, 3.63) is 118 Å². The molecular formula is C51H21O2-. The molecule has 0 N–H and O–H groups in total. The van der Waals surface area contributed by atoms with Crippen molar-refractivity contribution in [2.75, 3.05) is 0 Å². The first-order chi connectivity index (χ1) is 26.2. The Bertz CT molecular complexity index is 3950. The predicted octanol–water partition coefficient (Wildman–Crippen LogP) is 9.13. The molecule has 2 spiro atoms. The fraction of sp³-hybridized carbons (Fsp3) is 0.118. The molecule has 2 atom stereocenters. The number of fused-ring (bicyclic) bond motifs is 3. The molecule has 18 rings (SSSR count). The number of carbonyl (C=O) groups excluding carboxylic acids is 1. The van der Waals surface area contributed by atoms with Gasteiger partial charge in [-0.3, -0.25) is 0 Å². The van der Waals surface area contributed by atoms with E-state index in [0.29, 0.717) is 6.42 Å². The van der Waals surface area contributed by atoms with Crippen LogP contribution in [0.2, 0.25) is 0 Å². The van der Waals surface area contributed by atoms with E-state index >= 15 is 0 Å². The zero-order chi connectivity index (χ0) is 33.5. The lowest BCUT2D eigenvalue weighted by Gasteiger charge is -2.32. The zero-order valence-electron chi connectivity index (χ0n) is 28.1. The lowest BCUT2D eigenvalue weighted by molar-refractivity contribution is -0.305. The van der Waals surface area contributed by atoms with Crippen molar-refractivity contribution in [3.63, 3.8) is 0 Å². The Kier molecular flexibility index (Phi) is 2.90. The van der Waals surface area contributed by atoms with E-state index in [1.165, 1.54) is 146 Å². The highest BCUT2D eigenvalue weighted by Gasteiger charge is 2.93. The summed E-state index contributed by atoms with van der Waals surface area (Å²) in [4.78, 5) is 12.2. The van der Waals surface area contributed by atoms with Gasteiger partial charge in [0.15, 0.2) is 0 Å². The van der Waals surface area contributed by atoms with Gasteiger partial charge in [-0.2, -0.15) is 0 Å². The van der Waals surface area contributed by atoms with Gasteiger partial charge in [-0.05, 0) is 176 Å². The average molecular weight is 666 g/mol. The van der Waals surface area contributed by atoms with Gasteiger partial charge in [0.2, 0.25) is 0 Å². The molecule has 0 radical (unpaired) electrons. The van der Waals surface area contributed by atoms with Crippen molar-refractivity contribution in [3.8, 4) is 0 Å². The summed E-state index contributed by atoms with van der Waals surface area (Å²) >= 11 is 0. The zero-order valence-corrected chi connectivity index (χ0v) is 28.1. The number of allylic oxidation sites excluding steroid dienone is 2. The van der Waals surface area contributed by atoms with Crippen LogP contribution in [0.4, 0.5) is 0 Å². The van der Waals surface area contributed by atoms with E-state index < -0.39 is 5.97 Å². The highest BCUT2D eigenvalue weighted by molar-refractivity contribution is 6.64. The van der Waals surface area contributed by atoms with Gasteiger partial charge >= 0.3 is 0 Å². The molecule has 238 valence electrons. The first-order valence-electron chi connectivity index (χ1n) is 19.3. The molecule has 0 bridgehead atoms. The second kappa shape index (κ2) is 6.39. The lowest BCUT2D eigenvalue weighted by Crippen LogP contribution is -2.27. The van der Waals surface area contributed by atoms with Crippen LogP contribution in [0.5, 0.6) is 0 Å². The molecule has 0 aliphatic heterocycles. The summed E-state index contributed by atoms with van der Waals surface area (Å²) < 4.78 is 0. The van der Waals surface area contributed by atoms with Crippen LogP contribution in [0.15, 0.2) is 91.0 Å². The number of aliphatic carboxylic acids is 1. The SMILES string of the molecule is O=C([O-])CCCC1(c2ccccc2)C23C4=c5ccc6c7ccc8c9ccc%10c%11ccc%12c%13c(c%14c%15c2c5c6c2c7c8c5c9c%10c(c%13%11)c%14c5c%152)C13C=%12C=C4. The van der Waals surface area contributed by atoms with Gasteiger partial charge in [0.25, 0.3) is 0 Å². The standard InChI is InChI=1S/C51H22O2/c52-30(53)7-4-18-49(19-5-2-1-3-6-19)50-28-16-17-29-27-15-13-25-23-11-9-21-20-8-10-22-24-12-14-26(28)37-35(24)40-33(22)31(20)39-32(21)34(23)41-36(25)38(27)48(51(29,49)50)46-44(41)42(39)43(40)45(46)47(37)50/h1-3,5-6,8-17H,4,7,18H2,(H,52,53)/p-1. The van der Waals surface area contributed by atoms with Crippen LogP contribution in [0.3, 0.4) is 0 Å². The fourth-order valence-electron chi connectivity index (χ4n) is 16.0. The van der Waals surface area contributed by atoms with Gasteiger partial charge in [-0.1, -0.05) is 91.0 Å². The number of carboxylic acid groups (broad SMARTS) is 1. The van der Waals surface area contributed by atoms with Gasteiger partial charge in [0.1, 0.15) is 0 Å². The summed E-state index contributed by atoms with van der Waals surface area (Å²) in [5.74, 6) is -0.952. The minimum absolute atomic E-state index is 0.0724.